The van der Waals surface area contributed by atoms with Gasteiger partial charge in [-0.05, 0) is 44.3 Å². The predicted octanol–water partition coefficient (Wildman–Crippen LogP) is 3.36. The average Bonchev–Trinajstić information content (AvgIpc) is 3.23. The van der Waals surface area contributed by atoms with Crippen LogP contribution in [0.3, 0.4) is 0 Å². The summed E-state index contributed by atoms with van der Waals surface area (Å²) >= 11 is 11.8. The molecule has 0 spiro atoms. The van der Waals surface area contributed by atoms with Crippen molar-refractivity contribution in [3.63, 3.8) is 0 Å². The van der Waals surface area contributed by atoms with Gasteiger partial charge in [0.2, 0.25) is 11.9 Å². The van der Waals surface area contributed by atoms with Crippen LogP contribution in [0.4, 0.5) is 10.1 Å². The molecular weight excluding hydrogens is 406 g/mol. The maximum Gasteiger partial charge on any atom is 0.230 e. The number of anilines is 1. The Morgan fingerprint density at radius 1 is 1.32 bits per heavy atom. The van der Waals surface area contributed by atoms with Crippen molar-refractivity contribution in [3.05, 3.63) is 52.3 Å². The van der Waals surface area contributed by atoms with Gasteiger partial charge in [0.05, 0.1) is 35.0 Å². The normalized spacial score (nSPS) is 28.7. The van der Waals surface area contributed by atoms with E-state index in [4.69, 9.17) is 27.9 Å². The number of fused-ring (bicyclic) bond motifs is 2. The molecule has 4 rings (SSSR count). The van der Waals surface area contributed by atoms with Gasteiger partial charge in [0.15, 0.2) is 0 Å². The van der Waals surface area contributed by atoms with Crippen molar-refractivity contribution >= 4 is 34.8 Å². The Kier molecular flexibility index (Phi) is 5.26. The summed E-state index contributed by atoms with van der Waals surface area (Å²) in [4.78, 5) is 22.8. The summed E-state index contributed by atoms with van der Waals surface area (Å²) in [5.41, 5.74) is 1.16. The molecule has 0 saturated carbocycles. The van der Waals surface area contributed by atoms with Crippen molar-refractivity contribution in [2.75, 3.05) is 19.4 Å². The highest BCUT2D eigenvalue weighted by atomic mass is 35.5. The van der Waals surface area contributed by atoms with E-state index in [1.54, 1.807) is 12.1 Å². The zero-order valence-electron chi connectivity index (χ0n) is 15.3. The number of halogens is 3. The number of carbonyl (C=O) groups excluding carboxylic acids is 1. The fourth-order valence-electron chi connectivity index (χ4n) is 4.28. The van der Waals surface area contributed by atoms with Gasteiger partial charge in [-0.25, -0.2) is 9.97 Å². The molecule has 2 aromatic heterocycles. The van der Waals surface area contributed by atoms with Crippen molar-refractivity contribution in [2.24, 2.45) is 5.92 Å². The lowest BCUT2D eigenvalue weighted by Crippen LogP contribution is -2.46. The van der Waals surface area contributed by atoms with Gasteiger partial charge < -0.3 is 15.0 Å². The standard InChI is InChI=1S/C19H19Cl2FN4O2/c1-26(2)12-7-13-16(19(27)25-10-6-11(20)18(21)24-8-10)15(17(12)28-13)9-3-4-23-14(22)5-9/h3-6,8,12-13,15-17H,7H2,1-2H3,(H,25,27). The minimum Gasteiger partial charge on any atom is -0.372 e. The van der Waals surface area contributed by atoms with Gasteiger partial charge in [-0.2, -0.15) is 4.39 Å². The Labute approximate surface area is 172 Å². The molecule has 0 aromatic carbocycles. The van der Waals surface area contributed by atoms with Crippen LogP contribution in [0.5, 0.6) is 0 Å². The smallest absolute Gasteiger partial charge is 0.230 e. The van der Waals surface area contributed by atoms with Crippen LogP contribution in [0, 0.1) is 11.9 Å². The molecule has 4 heterocycles. The van der Waals surface area contributed by atoms with Crippen LogP contribution in [-0.2, 0) is 9.53 Å². The first-order valence-corrected chi connectivity index (χ1v) is 9.66. The summed E-state index contributed by atoms with van der Waals surface area (Å²) < 4.78 is 19.9. The van der Waals surface area contributed by atoms with Crippen LogP contribution >= 0.6 is 23.2 Å². The number of amides is 1. The van der Waals surface area contributed by atoms with E-state index in [1.807, 2.05) is 14.1 Å². The maximum absolute atomic E-state index is 13.8. The summed E-state index contributed by atoms with van der Waals surface area (Å²) in [6.07, 6.45) is 3.14. The molecule has 2 fully saturated rings. The molecule has 1 N–H and O–H groups in total. The molecule has 5 atom stereocenters. The zero-order valence-corrected chi connectivity index (χ0v) is 16.8. The molecule has 2 bridgehead atoms. The summed E-state index contributed by atoms with van der Waals surface area (Å²) in [6.45, 7) is 0. The number of likely N-dealkylation sites (N-methyl/N-ethyl adjacent to an activating group) is 1. The molecular formula is C19H19Cl2FN4O2. The maximum atomic E-state index is 13.8. The van der Waals surface area contributed by atoms with E-state index in [2.05, 4.69) is 20.2 Å². The number of hydrogen-bond donors (Lipinski definition) is 1. The Morgan fingerprint density at radius 3 is 2.79 bits per heavy atom. The average molecular weight is 425 g/mol. The van der Waals surface area contributed by atoms with Gasteiger partial charge in [-0.15, -0.1) is 0 Å². The predicted molar refractivity (Wildman–Crippen MR) is 104 cm³/mol. The highest BCUT2D eigenvalue weighted by Gasteiger charge is 2.57. The van der Waals surface area contributed by atoms with Crippen molar-refractivity contribution in [1.29, 1.82) is 0 Å². The fourth-order valence-corrected chi connectivity index (χ4v) is 4.55. The number of ether oxygens (including phenoxy) is 1. The van der Waals surface area contributed by atoms with Gasteiger partial charge in [0.1, 0.15) is 5.15 Å². The Bertz CT molecular complexity index is 913. The number of aromatic nitrogens is 2. The van der Waals surface area contributed by atoms with Crippen molar-refractivity contribution in [2.45, 2.75) is 30.6 Å². The first-order chi connectivity index (χ1) is 13.3. The van der Waals surface area contributed by atoms with E-state index in [0.29, 0.717) is 11.3 Å². The van der Waals surface area contributed by atoms with Crippen molar-refractivity contribution in [1.82, 2.24) is 14.9 Å². The number of rotatable bonds is 4. The minimum absolute atomic E-state index is 0.155. The monoisotopic (exact) mass is 424 g/mol. The largest absolute Gasteiger partial charge is 0.372 e. The van der Waals surface area contributed by atoms with Crippen LogP contribution in [0.25, 0.3) is 0 Å². The molecule has 9 heteroatoms. The van der Waals surface area contributed by atoms with Crippen LogP contribution in [-0.4, -0.2) is 53.1 Å². The van der Waals surface area contributed by atoms with E-state index in [-0.39, 0.29) is 40.3 Å². The molecule has 28 heavy (non-hydrogen) atoms. The Morgan fingerprint density at radius 2 is 2.11 bits per heavy atom. The summed E-state index contributed by atoms with van der Waals surface area (Å²) in [6, 6.07) is 4.82. The lowest BCUT2D eigenvalue weighted by atomic mass is 9.73. The van der Waals surface area contributed by atoms with Crippen molar-refractivity contribution < 1.29 is 13.9 Å². The lowest BCUT2D eigenvalue weighted by molar-refractivity contribution is -0.121. The molecule has 0 radical (unpaired) electrons. The Hall–Kier alpha value is -1.80. The second-order valence-electron chi connectivity index (χ2n) is 7.36. The second kappa shape index (κ2) is 7.55. The molecule has 2 aromatic rings. The van der Waals surface area contributed by atoms with Gasteiger partial charge in [0, 0.05) is 18.2 Å². The number of nitrogens with zero attached hydrogens (tertiary/aromatic N) is 3. The van der Waals surface area contributed by atoms with E-state index in [0.717, 1.165) is 6.42 Å². The highest BCUT2D eigenvalue weighted by molar-refractivity contribution is 6.41. The summed E-state index contributed by atoms with van der Waals surface area (Å²) in [5, 5.41) is 3.27. The van der Waals surface area contributed by atoms with Crippen LogP contribution in [0.1, 0.15) is 17.9 Å². The third-order valence-electron chi connectivity index (χ3n) is 5.49. The SMILES string of the molecule is CN(C)C1CC2OC1C(c1ccnc(F)c1)C2C(=O)Nc1cnc(Cl)c(Cl)c1. The topological polar surface area (TPSA) is 67.3 Å². The van der Waals surface area contributed by atoms with Gasteiger partial charge in [-0.3, -0.25) is 4.79 Å². The highest BCUT2D eigenvalue weighted by Crippen LogP contribution is 2.50. The lowest BCUT2D eigenvalue weighted by Gasteiger charge is -2.35. The third-order valence-corrected chi connectivity index (χ3v) is 6.18. The minimum atomic E-state index is -0.575. The number of hydrogen-bond acceptors (Lipinski definition) is 5. The summed E-state index contributed by atoms with van der Waals surface area (Å²) in [7, 11) is 3.96. The summed E-state index contributed by atoms with van der Waals surface area (Å²) in [5.74, 6) is -1.53. The molecule has 0 aliphatic carbocycles. The number of nitrogens with one attached hydrogen (secondary N) is 1. The third kappa shape index (κ3) is 3.48. The molecule has 2 aliphatic rings. The van der Waals surface area contributed by atoms with Crippen LogP contribution in [0.2, 0.25) is 10.2 Å². The quantitative estimate of drug-likeness (QED) is 0.762. The van der Waals surface area contributed by atoms with Crippen LogP contribution < -0.4 is 5.32 Å². The second-order valence-corrected chi connectivity index (χ2v) is 8.12. The fraction of sp³-hybridized carbons (Fsp3) is 0.421. The Balaban J connectivity index is 1.64. The molecule has 5 unspecified atom stereocenters. The first kappa shape index (κ1) is 19.5. The van der Waals surface area contributed by atoms with E-state index >= 15 is 0 Å². The molecule has 148 valence electrons. The molecule has 1 amide bonds. The number of carbonyl (C=O) groups is 1. The molecule has 6 nitrogen and oxygen atoms in total. The van der Waals surface area contributed by atoms with E-state index in [9.17, 15) is 9.18 Å². The van der Waals surface area contributed by atoms with Crippen LogP contribution in [0.15, 0.2) is 30.6 Å². The van der Waals surface area contributed by atoms with Crippen molar-refractivity contribution in [3.8, 4) is 0 Å². The van der Waals surface area contributed by atoms with E-state index in [1.165, 1.54) is 18.5 Å². The number of pyridine rings is 2. The van der Waals surface area contributed by atoms with Gasteiger partial charge >= 0.3 is 0 Å². The zero-order chi connectivity index (χ0) is 20.0. The molecule has 2 aliphatic heterocycles. The molecule has 2 saturated heterocycles. The first-order valence-electron chi connectivity index (χ1n) is 8.90. The van der Waals surface area contributed by atoms with E-state index < -0.39 is 11.9 Å². The van der Waals surface area contributed by atoms with Gasteiger partial charge in [0.25, 0.3) is 0 Å². The van der Waals surface area contributed by atoms with Gasteiger partial charge in [-0.1, -0.05) is 23.2 Å².